The molecular weight excluding hydrogens is 248 g/mol. The summed E-state index contributed by atoms with van der Waals surface area (Å²) in [5.41, 5.74) is 0.132. The molecule has 0 aromatic carbocycles. The van der Waals surface area contributed by atoms with Crippen LogP contribution in [0, 0.1) is 33.5 Å². The van der Waals surface area contributed by atoms with Crippen molar-refractivity contribution in [1.82, 2.24) is 5.32 Å². The number of nitriles is 1. The largest absolute Gasteiger partial charge is 0.349 e. The summed E-state index contributed by atoms with van der Waals surface area (Å²) in [5.74, 6) is 0.799. The summed E-state index contributed by atoms with van der Waals surface area (Å²) in [7, 11) is 0. The van der Waals surface area contributed by atoms with Gasteiger partial charge in [-0.3, -0.25) is 4.79 Å². The molecule has 5 saturated carbocycles. The second kappa shape index (κ2) is 3.40. The highest BCUT2D eigenvalue weighted by Crippen LogP contribution is 2.66. The molecule has 5 aliphatic rings. The van der Waals surface area contributed by atoms with Crippen molar-refractivity contribution in [2.24, 2.45) is 22.2 Å². The first-order chi connectivity index (χ1) is 9.30. The van der Waals surface area contributed by atoms with Crippen LogP contribution in [-0.2, 0) is 4.79 Å². The first kappa shape index (κ1) is 12.7. The summed E-state index contributed by atoms with van der Waals surface area (Å²) in [6, 6.07) is 2.24. The highest BCUT2D eigenvalue weighted by atomic mass is 16.2. The van der Waals surface area contributed by atoms with Crippen LogP contribution >= 0.6 is 0 Å². The van der Waals surface area contributed by atoms with Crippen LogP contribution in [0.15, 0.2) is 0 Å². The lowest BCUT2D eigenvalue weighted by Crippen LogP contribution is -2.65. The summed E-state index contributed by atoms with van der Waals surface area (Å²) in [6.07, 6.45) is 8.89. The molecule has 108 valence electrons. The molecule has 0 aliphatic heterocycles. The summed E-state index contributed by atoms with van der Waals surface area (Å²) in [5, 5.41) is 12.6. The van der Waals surface area contributed by atoms with Crippen molar-refractivity contribution in [1.29, 1.82) is 5.26 Å². The number of rotatable bonds is 2. The zero-order valence-corrected chi connectivity index (χ0v) is 12.6. The van der Waals surface area contributed by atoms with Crippen molar-refractivity contribution in [2.75, 3.05) is 0 Å². The Morgan fingerprint density at radius 1 is 1.10 bits per heavy atom. The molecule has 0 aromatic rings. The quantitative estimate of drug-likeness (QED) is 0.839. The molecular formula is C17H24N2O. The molecule has 2 atom stereocenters. The second-order valence-corrected chi connectivity index (χ2v) is 9.06. The van der Waals surface area contributed by atoms with Crippen molar-refractivity contribution in [3.63, 3.8) is 0 Å². The van der Waals surface area contributed by atoms with E-state index in [9.17, 15) is 10.1 Å². The average Bonchev–Trinajstić information content (AvgIpc) is 3.03. The maximum atomic E-state index is 12.5. The van der Waals surface area contributed by atoms with E-state index in [4.69, 9.17) is 0 Å². The maximum absolute atomic E-state index is 12.5. The molecule has 0 heterocycles. The minimum absolute atomic E-state index is 0.00750. The van der Waals surface area contributed by atoms with Gasteiger partial charge < -0.3 is 5.32 Å². The first-order valence-corrected chi connectivity index (χ1v) is 8.04. The average molecular weight is 272 g/mol. The van der Waals surface area contributed by atoms with E-state index in [1.165, 1.54) is 19.3 Å². The van der Waals surface area contributed by atoms with Gasteiger partial charge in [-0.25, -0.2) is 0 Å². The van der Waals surface area contributed by atoms with Crippen molar-refractivity contribution in [2.45, 2.75) is 70.8 Å². The van der Waals surface area contributed by atoms with E-state index in [1.54, 1.807) is 0 Å². The Hall–Kier alpha value is -1.04. The van der Waals surface area contributed by atoms with Gasteiger partial charge in [0.1, 0.15) is 5.41 Å². The zero-order valence-electron chi connectivity index (χ0n) is 12.6. The van der Waals surface area contributed by atoms with Crippen LogP contribution in [0.3, 0.4) is 0 Å². The molecule has 0 saturated heterocycles. The van der Waals surface area contributed by atoms with E-state index in [2.05, 4.69) is 25.2 Å². The summed E-state index contributed by atoms with van der Waals surface area (Å²) < 4.78 is 0. The molecule has 20 heavy (non-hydrogen) atoms. The Labute approximate surface area is 121 Å². The summed E-state index contributed by atoms with van der Waals surface area (Å²) in [6.45, 7) is 4.82. The van der Waals surface area contributed by atoms with Crippen LogP contribution in [0.1, 0.15) is 65.2 Å². The van der Waals surface area contributed by atoms with Gasteiger partial charge >= 0.3 is 0 Å². The van der Waals surface area contributed by atoms with Gasteiger partial charge in [0.2, 0.25) is 5.91 Å². The van der Waals surface area contributed by atoms with Gasteiger partial charge in [0.05, 0.1) is 6.07 Å². The van der Waals surface area contributed by atoms with Crippen molar-refractivity contribution in [3.8, 4) is 6.07 Å². The Bertz CT molecular complexity index is 510. The highest BCUT2D eigenvalue weighted by Gasteiger charge is 2.62. The fourth-order valence-electron chi connectivity index (χ4n) is 6.46. The lowest BCUT2D eigenvalue weighted by atomic mass is 9.42. The number of carbonyl (C=O) groups excluding carboxylic acids is 1. The monoisotopic (exact) mass is 272 g/mol. The highest BCUT2D eigenvalue weighted by molar-refractivity contribution is 5.88. The second-order valence-electron chi connectivity index (χ2n) is 9.06. The van der Waals surface area contributed by atoms with Crippen LogP contribution in [0.25, 0.3) is 0 Å². The number of carbonyl (C=O) groups is 1. The lowest BCUT2D eigenvalue weighted by molar-refractivity contribution is -0.142. The molecule has 0 spiro atoms. The Balaban J connectivity index is 1.62. The SMILES string of the molecule is CC12CC3CC(C)(C1)CC(NC(=O)C1(C#N)CC1)(C3)C2. The van der Waals surface area contributed by atoms with Gasteiger partial charge in [-0.15, -0.1) is 0 Å². The fraction of sp³-hybridized carbons (Fsp3) is 0.882. The Morgan fingerprint density at radius 2 is 1.70 bits per heavy atom. The number of hydrogen-bond donors (Lipinski definition) is 1. The van der Waals surface area contributed by atoms with Gasteiger partial charge in [-0.2, -0.15) is 5.26 Å². The number of nitrogens with zero attached hydrogens (tertiary/aromatic N) is 1. The smallest absolute Gasteiger partial charge is 0.240 e. The molecule has 0 aromatic heterocycles. The van der Waals surface area contributed by atoms with Crippen molar-refractivity contribution >= 4 is 5.91 Å². The van der Waals surface area contributed by atoms with E-state index >= 15 is 0 Å². The molecule has 1 amide bonds. The Morgan fingerprint density at radius 3 is 2.15 bits per heavy atom. The number of amides is 1. The third-order valence-corrected chi connectivity index (χ3v) is 6.40. The zero-order chi connectivity index (χ0) is 14.2. The molecule has 4 bridgehead atoms. The normalized spacial score (nSPS) is 50.5. The van der Waals surface area contributed by atoms with E-state index < -0.39 is 5.41 Å². The number of nitrogens with one attached hydrogen (secondary N) is 1. The van der Waals surface area contributed by atoms with Crippen LogP contribution in [0.4, 0.5) is 0 Å². The summed E-state index contributed by atoms with van der Waals surface area (Å²) in [4.78, 5) is 12.5. The predicted octanol–water partition coefficient (Wildman–Crippen LogP) is 3.16. The van der Waals surface area contributed by atoms with Gasteiger partial charge in [0.15, 0.2) is 0 Å². The van der Waals surface area contributed by atoms with E-state index in [1.807, 2.05) is 0 Å². The minimum atomic E-state index is -0.675. The maximum Gasteiger partial charge on any atom is 0.240 e. The molecule has 5 rings (SSSR count). The van der Waals surface area contributed by atoms with Crippen LogP contribution in [0.5, 0.6) is 0 Å². The molecule has 2 unspecified atom stereocenters. The topological polar surface area (TPSA) is 52.9 Å². The van der Waals surface area contributed by atoms with Crippen molar-refractivity contribution < 1.29 is 4.79 Å². The Kier molecular flexibility index (Phi) is 2.16. The molecule has 3 nitrogen and oxygen atoms in total. The molecule has 5 fully saturated rings. The third-order valence-electron chi connectivity index (χ3n) is 6.40. The fourth-order valence-corrected chi connectivity index (χ4v) is 6.46. The summed E-state index contributed by atoms with van der Waals surface area (Å²) >= 11 is 0. The standard InChI is InChI=1S/C17H24N2O/c1-14-5-12-6-15(2,8-14)10-17(7-12,9-14)19-13(20)16(11-18)3-4-16/h12H,3-10H2,1-2H3,(H,19,20). The molecule has 3 heteroatoms. The van der Waals surface area contributed by atoms with Gasteiger partial charge in [0, 0.05) is 5.54 Å². The van der Waals surface area contributed by atoms with Gasteiger partial charge in [-0.1, -0.05) is 13.8 Å². The first-order valence-electron chi connectivity index (χ1n) is 8.04. The van der Waals surface area contributed by atoms with Gasteiger partial charge in [-0.05, 0) is 68.1 Å². The molecule has 1 N–H and O–H groups in total. The van der Waals surface area contributed by atoms with Crippen LogP contribution in [0.2, 0.25) is 0 Å². The van der Waals surface area contributed by atoms with Gasteiger partial charge in [0.25, 0.3) is 0 Å². The van der Waals surface area contributed by atoms with E-state index in [-0.39, 0.29) is 11.4 Å². The van der Waals surface area contributed by atoms with Crippen LogP contribution in [-0.4, -0.2) is 11.4 Å². The van der Waals surface area contributed by atoms with E-state index in [0.717, 1.165) is 38.0 Å². The molecule has 5 aliphatic carbocycles. The lowest BCUT2D eigenvalue weighted by Gasteiger charge is -2.65. The van der Waals surface area contributed by atoms with Crippen molar-refractivity contribution in [3.05, 3.63) is 0 Å². The third kappa shape index (κ3) is 1.66. The van der Waals surface area contributed by atoms with E-state index in [0.29, 0.717) is 10.8 Å². The van der Waals surface area contributed by atoms with Crippen LogP contribution < -0.4 is 5.32 Å². The predicted molar refractivity (Wildman–Crippen MR) is 75.6 cm³/mol. The minimum Gasteiger partial charge on any atom is -0.349 e. The molecule has 0 radical (unpaired) electrons. The number of hydrogen-bond acceptors (Lipinski definition) is 2.